The summed E-state index contributed by atoms with van der Waals surface area (Å²) in [6, 6.07) is 17.8. The Balaban J connectivity index is 1.62. The highest BCUT2D eigenvalue weighted by atomic mass is 16.5. The number of rotatable bonds is 13. The van der Waals surface area contributed by atoms with Gasteiger partial charge in [0.2, 0.25) is 0 Å². The van der Waals surface area contributed by atoms with Gasteiger partial charge in [0.15, 0.2) is 0 Å². The van der Waals surface area contributed by atoms with E-state index in [0.717, 1.165) is 66.0 Å². The molecule has 5 heteroatoms. The molecule has 0 saturated carbocycles. The van der Waals surface area contributed by atoms with Crippen molar-refractivity contribution in [3.63, 3.8) is 0 Å². The number of hydrogen-bond acceptors (Lipinski definition) is 5. The second-order valence-corrected chi connectivity index (χ2v) is 9.39. The highest BCUT2D eigenvalue weighted by Gasteiger charge is 2.26. The fraction of sp³-hybridized carbons (Fsp3) is 0.406. The molecule has 3 rings (SSSR count). The van der Waals surface area contributed by atoms with Gasteiger partial charge >= 0.3 is 5.97 Å². The number of methoxy groups -OCH3 is 3. The molecule has 0 heterocycles. The van der Waals surface area contributed by atoms with Gasteiger partial charge in [-0.05, 0) is 80.1 Å². The molecule has 0 spiro atoms. The maximum Gasteiger partial charge on any atom is 0.337 e. The molecule has 0 amide bonds. The van der Waals surface area contributed by atoms with Crippen LogP contribution in [0.25, 0.3) is 0 Å². The van der Waals surface area contributed by atoms with Crippen LogP contribution in [0.2, 0.25) is 0 Å². The van der Waals surface area contributed by atoms with Gasteiger partial charge in [-0.15, -0.1) is 0 Å². The molecule has 0 radical (unpaired) electrons. The predicted octanol–water partition coefficient (Wildman–Crippen LogP) is 7.58. The van der Waals surface area contributed by atoms with Crippen molar-refractivity contribution in [1.29, 1.82) is 0 Å². The minimum Gasteiger partial charge on any atom is -0.496 e. The summed E-state index contributed by atoms with van der Waals surface area (Å²) in [4.78, 5) is 11.6. The van der Waals surface area contributed by atoms with Crippen molar-refractivity contribution < 1.29 is 23.7 Å². The minimum absolute atomic E-state index is 0.230. The normalized spacial score (nSPS) is 11.6. The lowest BCUT2D eigenvalue weighted by Gasteiger charge is -2.27. The van der Waals surface area contributed by atoms with E-state index in [0.29, 0.717) is 12.2 Å². The maximum absolute atomic E-state index is 11.6. The summed E-state index contributed by atoms with van der Waals surface area (Å²) in [6.07, 6.45) is 5.33. The third kappa shape index (κ3) is 6.85. The van der Waals surface area contributed by atoms with Crippen LogP contribution in [0.5, 0.6) is 17.2 Å². The average Bonchev–Trinajstić information content (AvgIpc) is 2.93. The lowest BCUT2D eigenvalue weighted by atomic mass is 9.81. The molecule has 0 bridgehead atoms. The van der Waals surface area contributed by atoms with Gasteiger partial charge in [-0.2, -0.15) is 0 Å². The Morgan fingerprint density at radius 2 is 1.35 bits per heavy atom. The van der Waals surface area contributed by atoms with E-state index < -0.39 is 0 Å². The van der Waals surface area contributed by atoms with Crippen LogP contribution in [0.4, 0.5) is 0 Å². The van der Waals surface area contributed by atoms with Crippen molar-refractivity contribution in [2.45, 2.75) is 58.8 Å². The number of hydrogen-bond donors (Lipinski definition) is 0. The summed E-state index contributed by atoms with van der Waals surface area (Å²) in [5, 5.41) is 0. The van der Waals surface area contributed by atoms with E-state index in [1.165, 1.54) is 18.2 Å². The maximum atomic E-state index is 11.6. The Kier molecular flexibility index (Phi) is 10.4. The first-order chi connectivity index (χ1) is 17.9. The highest BCUT2D eigenvalue weighted by molar-refractivity contribution is 5.89. The molecule has 3 aromatic carbocycles. The van der Waals surface area contributed by atoms with Gasteiger partial charge in [-0.25, -0.2) is 4.79 Å². The highest BCUT2D eigenvalue weighted by Crippen LogP contribution is 2.45. The number of unbranched alkanes of at least 4 members (excludes halogenated alkanes) is 3. The Morgan fingerprint density at radius 3 is 1.97 bits per heavy atom. The van der Waals surface area contributed by atoms with Crippen LogP contribution in [0.3, 0.4) is 0 Å². The van der Waals surface area contributed by atoms with Crippen molar-refractivity contribution in [2.75, 3.05) is 27.9 Å². The van der Waals surface area contributed by atoms with Gasteiger partial charge in [0, 0.05) is 11.5 Å². The van der Waals surface area contributed by atoms with Gasteiger partial charge in [-0.1, -0.05) is 49.6 Å². The lowest BCUT2D eigenvalue weighted by Crippen LogP contribution is -2.10. The minimum atomic E-state index is -0.340. The first-order valence-electron chi connectivity index (χ1n) is 13.0. The van der Waals surface area contributed by atoms with E-state index in [1.807, 2.05) is 12.1 Å². The van der Waals surface area contributed by atoms with Crippen LogP contribution in [0, 0.1) is 20.8 Å². The van der Waals surface area contributed by atoms with E-state index in [9.17, 15) is 4.79 Å². The third-order valence-corrected chi connectivity index (χ3v) is 7.12. The Labute approximate surface area is 221 Å². The molecule has 0 fully saturated rings. The zero-order valence-electron chi connectivity index (χ0n) is 23.1. The molecule has 1 atom stereocenters. The predicted molar refractivity (Wildman–Crippen MR) is 148 cm³/mol. The van der Waals surface area contributed by atoms with Crippen molar-refractivity contribution in [3.05, 3.63) is 88.0 Å². The molecule has 198 valence electrons. The van der Waals surface area contributed by atoms with Crippen molar-refractivity contribution in [2.24, 2.45) is 0 Å². The van der Waals surface area contributed by atoms with Crippen LogP contribution in [-0.2, 0) is 4.74 Å². The molecule has 0 saturated heterocycles. The first-order valence-corrected chi connectivity index (χ1v) is 13.0. The number of ether oxygens (including phenoxy) is 4. The largest absolute Gasteiger partial charge is 0.496 e. The van der Waals surface area contributed by atoms with Crippen molar-refractivity contribution in [1.82, 2.24) is 0 Å². The summed E-state index contributed by atoms with van der Waals surface area (Å²) in [6.45, 7) is 7.01. The number of esters is 1. The van der Waals surface area contributed by atoms with Gasteiger partial charge in [0.25, 0.3) is 0 Å². The van der Waals surface area contributed by atoms with E-state index in [-0.39, 0.29) is 11.9 Å². The average molecular weight is 505 g/mol. The first kappa shape index (κ1) is 28.1. The standard InChI is InChI=1S/C32H40O5/c1-22-23(2)31(35-5)29(24(3)30(22)34-4)28(25-14-10-9-11-15-25)16-12-7-8-13-21-37-27-19-17-26(18-20-27)32(33)36-6/h9-11,14-15,17-20,28H,7-8,12-13,16,21H2,1-6H3. The third-order valence-electron chi connectivity index (χ3n) is 7.12. The van der Waals surface area contributed by atoms with Gasteiger partial charge in [0.1, 0.15) is 17.2 Å². The Hall–Kier alpha value is -3.47. The van der Waals surface area contributed by atoms with E-state index >= 15 is 0 Å². The zero-order chi connectivity index (χ0) is 26.8. The molecule has 5 nitrogen and oxygen atoms in total. The molecular formula is C32H40O5. The van der Waals surface area contributed by atoms with Gasteiger partial charge < -0.3 is 18.9 Å². The van der Waals surface area contributed by atoms with Gasteiger partial charge in [-0.3, -0.25) is 0 Å². The second kappa shape index (κ2) is 13.7. The molecule has 37 heavy (non-hydrogen) atoms. The lowest BCUT2D eigenvalue weighted by molar-refractivity contribution is 0.0600. The fourth-order valence-corrected chi connectivity index (χ4v) is 5.07. The summed E-state index contributed by atoms with van der Waals surface area (Å²) in [7, 11) is 4.89. The van der Waals surface area contributed by atoms with Crippen LogP contribution in [0.1, 0.15) is 76.2 Å². The molecule has 0 aliphatic carbocycles. The van der Waals surface area contributed by atoms with E-state index in [2.05, 4.69) is 51.1 Å². The zero-order valence-corrected chi connectivity index (χ0v) is 23.1. The van der Waals surface area contributed by atoms with E-state index in [4.69, 9.17) is 18.9 Å². The van der Waals surface area contributed by atoms with Crippen LogP contribution in [-0.4, -0.2) is 33.9 Å². The Morgan fingerprint density at radius 1 is 0.730 bits per heavy atom. The quantitative estimate of drug-likeness (QED) is 0.177. The SMILES string of the molecule is COC(=O)c1ccc(OCCCCCCC(c2ccccc2)c2c(C)c(OC)c(C)c(C)c2OC)cc1. The van der Waals surface area contributed by atoms with Crippen LogP contribution < -0.4 is 14.2 Å². The van der Waals surface area contributed by atoms with Crippen molar-refractivity contribution >= 4 is 5.97 Å². The molecule has 0 aliphatic heterocycles. The Bertz CT molecular complexity index is 1150. The molecule has 0 aromatic heterocycles. The summed E-state index contributed by atoms with van der Waals surface area (Å²) >= 11 is 0. The van der Waals surface area contributed by atoms with E-state index in [1.54, 1.807) is 26.4 Å². The monoisotopic (exact) mass is 504 g/mol. The summed E-state index contributed by atoms with van der Waals surface area (Å²) in [5.41, 5.74) is 6.48. The smallest absolute Gasteiger partial charge is 0.337 e. The summed E-state index contributed by atoms with van der Waals surface area (Å²) in [5.74, 6) is 2.58. The number of carbonyl (C=O) groups is 1. The van der Waals surface area contributed by atoms with Crippen molar-refractivity contribution in [3.8, 4) is 17.2 Å². The molecular weight excluding hydrogens is 464 g/mol. The summed E-state index contributed by atoms with van der Waals surface area (Å²) < 4.78 is 22.4. The van der Waals surface area contributed by atoms with Crippen LogP contribution in [0.15, 0.2) is 54.6 Å². The second-order valence-electron chi connectivity index (χ2n) is 9.39. The topological polar surface area (TPSA) is 54.0 Å². The van der Waals surface area contributed by atoms with Gasteiger partial charge in [0.05, 0.1) is 33.5 Å². The number of benzene rings is 3. The molecule has 0 aliphatic rings. The molecule has 3 aromatic rings. The fourth-order valence-electron chi connectivity index (χ4n) is 5.07. The van der Waals surface area contributed by atoms with Crippen LogP contribution >= 0.6 is 0 Å². The number of carbonyl (C=O) groups excluding carboxylic acids is 1. The molecule has 1 unspecified atom stereocenters. The molecule has 0 N–H and O–H groups in total.